The number of rotatable bonds is 4. The number of nitrogens with zero attached hydrogens (tertiary/aromatic N) is 4. The lowest BCUT2D eigenvalue weighted by atomic mass is 10.1. The number of benzene rings is 1. The largest absolute Gasteiger partial charge is 0.435 e. The van der Waals surface area contributed by atoms with Crippen LogP contribution in [-0.4, -0.2) is 25.7 Å². The molecule has 0 saturated carbocycles. The normalized spacial score (nSPS) is 11.5. The van der Waals surface area contributed by atoms with E-state index in [2.05, 4.69) is 20.4 Å². The molecule has 2 heterocycles. The quantitative estimate of drug-likeness (QED) is 0.701. The highest BCUT2D eigenvalue weighted by Gasteiger charge is 2.34. The summed E-state index contributed by atoms with van der Waals surface area (Å²) in [6, 6.07) is 5.81. The van der Waals surface area contributed by atoms with Crippen molar-refractivity contribution < 1.29 is 18.0 Å². The summed E-state index contributed by atoms with van der Waals surface area (Å²) in [6.45, 7) is 2.90. The molecular formula is C18H15ClF3N5O. The fourth-order valence-electron chi connectivity index (χ4n) is 2.64. The number of amides is 1. The van der Waals surface area contributed by atoms with Crippen molar-refractivity contribution in [2.75, 3.05) is 5.32 Å². The lowest BCUT2D eigenvalue weighted by molar-refractivity contribution is -0.141. The molecule has 1 N–H and O–H groups in total. The number of hydrogen-bond acceptors (Lipinski definition) is 4. The summed E-state index contributed by atoms with van der Waals surface area (Å²) in [4.78, 5) is 19.7. The van der Waals surface area contributed by atoms with Gasteiger partial charge in [0.2, 0.25) is 5.91 Å². The van der Waals surface area contributed by atoms with Gasteiger partial charge in [0.15, 0.2) is 5.69 Å². The fraction of sp³-hybridized carbons (Fsp3) is 0.222. The Balaban J connectivity index is 2.03. The molecule has 0 aliphatic rings. The Morgan fingerprint density at radius 1 is 1.21 bits per heavy atom. The molecule has 0 saturated heterocycles. The van der Waals surface area contributed by atoms with Crippen LogP contribution in [0.3, 0.4) is 0 Å². The van der Waals surface area contributed by atoms with Gasteiger partial charge in [-0.25, -0.2) is 14.6 Å². The van der Waals surface area contributed by atoms with Crippen LogP contribution in [0.5, 0.6) is 0 Å². The zero-order chi connectivity index (χ0) is 20.5. The van der Waals surface area contributed by atoms with Crippen molar-refractivity contribution in [3.05, 3.63) is 64.5 Å². The molecule has 1 aromatic carbocycles. The van der Waals surface area contributed by atoms with Gasteiger partial charge in [-0.15, -0.1) is 0 Å². The number of alkyl halides is 3. The van der Waals surface area contributed by atoms with E-state index in [1.807, 2.05) is 0 Å². The molecule has 28 heavy (non-hydrogen) atoms. The topological polar surface area (TPSA) is 72.7 Å². The molecule has 3 aromatic rings. The molecular weight excluding hydrogens is 395 g/mol. The Hall–Kier alpha value is -2.94. The molecule has 3 rings (SSSR count). The van der Waals surface area contributed by atoms with E-state index in [1.165, 1.54) is 30.9 Å². The van der Waals surface area contributed by atoms with E-state index in [9.17, 15) is 18.0 Å². The Kier molecular flexibility index (Phi) is 5.37. The standard InChI is InChI=1S/C18H15ClF3N5O/c1-10-5-16(18(20,21)22)26-27(10)14-3-4-15(25-11(2)28)12(6-14)7-17-23-8-13(19)9-24-17/h3-6,8-9H,7H2,1-2H3,(H,25,28). The van der Waals surface area contributed by atoms with Crippen molar-refractivity contribution in [1.29, 1.82) is 0 Å². The van der Waals surface area contributed by atoms with Gasteiger partial charge >= 0.3 is 6.18 Å². The van der Waals surface area contributed by atoms with Gasteiger partial charge in [0.1, 0.15) is 5.82 Å². The lowest BCUT2D eigenvalue weighted by Crippen LogP contribution is -2.11. The van der Waals surface area contributed by atoms with E-state index in [0.717, 1.165) is 6.07 Å². The van der Waals surface area contributed by atoms with E-state index in [0.29, 0.717) is 33.5 Å². The minimum absolute atomic E-state index is 0.243. The van der Waals surface area contributed by atoms with Crippen LogP contribution in [0, 0.1) is 6.92 Å². The molecule has 0 bridgehead atoms. The number of nitrogens with one attached hydrogen (secondary N) is 1. The molecule has 0 aliphatic carbocycles. The zero-order valence-corrected chi connectivity index (χ0v) is 15.6. The van der Waals surface area contributed by atoms with Gasteiger partial charge in [-0.3, -0.25) is 4.79 Å². The first-order valence-corrected chi connectivity index (χ1v) is 8.52. The molecule has 0 fully saturated rings. The highest BCUT2D eigenvalue weighted by molar-refractivity contribution is 6.30. The summed E-state index contributed by atoms with van der Waals surface area (Å²) in [5.41, 5.74) is 0.909. The highest BCUT2D eigenvalue weighted by Crippen LogP contribution is 2.30. The van der Waals surface area contributed by atoms with Crippen LogP contribution in [0.15, 0.2) is 36.7 Å². The number of halogens is 4. The highest BCUT2D eigenvalue weighted by atomic mass is 35.5. The van der Waals surface area contributed by atoms with Crippen molar-refractivity contribution in [3.8, 4) is 5.69 Å². The van der Waals surface area contributed by atoms with E-state index >= 15 is 0 Å². The minimum Gasteiger partial charge on any atom is -0.326 e. The van der Waals surface area contributed by atoms with E-state index < -0.39 is 11.9 Å². The van der Waals surface area contributed by atoms with Gasteiger partial charge in [-0.05, 0) is 36.8 Å². The predicted octanol–water partition coefficient (Wildman–Crippen LogP) is 4.19. The first kappa shape index (κ1) is 19.8. The number of aryl methyl sites for hydroxylation is 1. The Labute approximate surface area is 163 Å². The second kappa shape index (κ2) is 7.59. The summed E-state index contributed by atoms with van der Waals surface area (Å²) in [6.07, 6.45) is -1.41. The third-order valence-corrected chi connectivity index (χ3v) is 4.04. The lowest BCUT2D eigenvalue weighted by Gasteiger charge is -2.13. The number of carbonyl (C=O) groups is 1. The molecule has 0 radical (unpaired) electrons. The monoisotopic (exact) mass is 409 g/mol. The van der Waals surface area contributed by atoms with Gasteiger partial charge in [0.05, 0.1) is 10.7 Å². The van der Waals surface area contributed by atoms with Crippen LogP contribution in [0.4, 0.5) is 18.9 Å². The molecule has 0 spiro atoms. The fourth-order valence-corrected chi connectivity index (χ4v) is 2.74. The average Bonchev–Trinajstić information content (AvgIpc) is 3.00. The molecule has 1 amide bonds. The van der Waals surface area contributed by atoms with Crippen LogP contribution >= 0.6 is 11.6 Å². The van der Waals surface area contributed by atoms with Crippen molar-refractivity contribution >= 4 is 23.2 Å². The Morgan fingerprint density at radius 3 is 2.46 bits per heavy atom. The Bertz CT molecular complexity index is 1020. The number of anilines is 1. The summed E-state index contributed by atoms with van der Waals surface area (Å²) in [5.74, 6) is 0.168. The Morgan fingerprint density at radius 2 is 1.89 bits per heavy atom. The molecule has 10 heteroatoms. The number of carbonyl (C=O) groups excluding carboxylic acids is 1. The maximum Gasteiger partial charge on any atom is 0.435 e. The van der Waals surface area contributed by atoms with Crippen molar-refractivity contribution in [3.63, 3.8) is 0 Å². The minimum atomic E-state index is -4.54. The summed E-state index contributed by atoms with van der Waals surface area (Å²) < 4.78 is 40.1. The average molecular weight is 410 g/mol. The molecule has 6 nitrogen and oxygen atoms in total. The second-order valence-corrected chi connectivity index (χ2v) is 6.53. The van der Waals surface area contributed by atoms with Crippen molar-refractivity contribution in [2.24, 2.45) is 0 Å². The number of hydrogen-bond donors (Lipinski definition) is 1. The molecule has 2 aromatic heterocycles. The van der Waals surface area contributed by atoms with Crippen molar-refractivity contribution in [1.82, 2.24) is 19.7 Å². The van der Waals surface area contributed by atoms with Gasteiger partial charge in [-0.1, -0.05) is 11.6 Å². The van der Waals surface area contributed by atoms with Gasteiger partial charge in [-0.2, -0.15) is 18.3 Å². The molecule has 0 aliphatic heterocycles. The third-order valence-electron chi connectivity index (χ3n) is 3.84. The van der Waals surface area contributed by atoms with Gasteiger partial charge in [0, 0.05) is 37.1 Å². The summed E-state index contributed by atoms with van der Waals surface area (Å²) >= 11 is 5.79. The predicted molar refractivity (Wildman–Crippen MR) is 97.5 cm³/mol. The second-order valence-electron chi connectivity index (χ2n) is 6.10. The van der Waals surface area contributed by atoms with Gasteiger partial charge < -0.3 is 5.32 Å². The SMILES string of the molecule is CC(=O)Nc1ccc(-n2nc(C(F)(F)F)cc2C)cc1Cc1ncc(Cl)cn1. The van der Waals surface area contributed by atoms with E-state index in [-0.39, 0.29) is 12.3 Å². The van der Waals surface area contributed by atoms with E-state index in [1.54, 1.807) is 18.2 Å². The maximum atomic E-state index is 13.0. The maximum absolute atomic E-state index is 13.0. The van der Waals surface area contributed by atoms with Crippen LogP contribution in [0.2, 0.25) is 5.02 Å². The van der Waals surface area contributed by atoms with Crippen LogP contribution in [-0.2, 0) is 17.4 Å². The summed E-state index contributed by atoms with van der Waals surface area (Å²) in [5, 5.41) is 6.74. The summed E-state index contributed by atoms with van der Waals surface area (Å²) in [7, 11) is 0. The van der Waals surface area contributed by atoms with Crippen LogP contribution in [0.1, 0.15) is 29.7 Å². The third kappa shape index (κ3) is 4.48. The molecule has 146 valence electrons. The van der Waals surface area contributed by atoms with Crippen LogP contribution < -0.4 is 5.32 Å². The smallest absolute Gasteiger partial charge is 0.326 e. The molecule has 0 unspecified atom stereocenters. The van der Waals surface area contributed by atoms with Crippen LogP contribution in [0.25, 0.3) is 5.69 Å². The first-order valence-electron chi connectivity index (χ1n) is 8.14. The van der Waals surface area contributed by atoms with E-state index in [4.69, 9.17) is 11.6 Å². The number of aromatic nitrogens is 4. The zero-order valence-electron chi connectivity index (χ0n) is 14.9. The molecule has 0 atom stereocenters. The van der Waals surface area contributed by atoms with Gasteiger partial charge in [0.25, 0.3) is 0 Å². The first-order chi connectivity index (χ1) is 13.1. The van der Waals surface area contributed by atoms with Crippen molar-refractivity contribution in [2.45, 2.75) is 26.4 Å².